The number of benzene rings is 2. The third-order valence-electron chi connectivity index (χ3n) is 4.33. The lowest BCUT2D eigenvalue weighted by Gasteiger charge is -2.16. The van der Waals surface area contributed by atoms with Crippen LogP contribution in [0.15, 0.2) is 42.6 Å². The highest BCUT2D eigenvalue weighted by molar-refractivity contribution is 5.90. The first kappa shape index (κ1) is 15.9. The number of anilines is 1. The number of rotatable bonds is 4. The van der Waals surface area contributed by atoms with E-state index in [1.165, 1.54) is 7.11 Å². The lowest BCUT2D eigenvalue weighted by Crippen LogP contribution is -2.04. The number of nitrogens with one attached hydrogen (secondary N) is 1. The zero-order valence-corrected chi connectivity index (χ0v) is 13.9. The molecule has 0 aliphatic carbocycles. The molecule has 1 atom stereocenters. The fraction of sp³-hybridized carbons (Fsp3) is 0.211. The molecule has 0 aliphatic heterocycles. The molecule has 0 spiro atoms. The van der Waals surface area contributed by atoms with E-state index in [1.807, 2.05) is 30.5 Å². The third-order valence-corrected chi connectivity index (χ3v) is 4.33. The van der Waals surface area contributed by atoms with Gasteiger partial charge in [0, 0.05) is 34.3 Å². The zero-order valence-electron chi connectivity index (χ0n) is 13.9. The number of ether oxygens (including phenoxy) is 2. The minimum atomic E-state index is -0.382. The highest BCUT2D eigenvalue weighted by atomic mass is 16.5. The molecule has 3 aromatic rings. The fourth-order valence-electron chi connectivity index (χ4n) is 3.00. The molecule has 0 bridgehead atoms. The molecular formula is C19H20N2O3. The molecule has 0 saturated heterocycles. The molecule has 5 nitrogen and oxygen atoms in total. The van der Waals surface area contributed by atoms with E-state index in [-0.39, 0.29) is 11.9 Å². The number of methoxy groups -OCH3 is 2. The molecule has 3 N–H and O–H groups in total. The Bertz CT molecular complexity index is 899. The van der Waals surface area contributed by atoms with Crippen LogP contribution in [0.5, 0.6) is 5.75 Å². The van der Waals surface area contributed by atoms with Crippen LogP contribution in [0.3, 0.4) is 0 Å². The van der Waals surface area contributed by atoms with E-state index in [4.69, 9.17) is 15.2 Å². The van der Waals surface area contributed by atoms with E-state index in [1.54, 1.807) is 19.2 Å². The Morgan fingerprint density at radius 2 is 1.92 bits per heavy atom. The van der Waals surface area contributed by atoms with E-state index in [9.17, 15) is 4.79 Å². The molecule has 0 amide bonds. The van der Waals surface area contributed by atoms with Gasteiger partial charge in [0.15, 0.2) is 0 Å². The number of nitrogens with two attached hydrogens (primary N) is 1. The summed E-state index contributed by atoms with van der Waals surface area (Å²) in [4.78, 5) is 15.0. The summed E-state index contributed by atoms with van der Waals surface area (Å²) >= 11 is 0. The van der Waals surface area contributed by atoms with E-state index in [2.05, 4.69) is 11.9 Å². The average Bonchev–Trinajstić information content (AvgIpc) is 3.02. The lowest BCUT2D eigenvalue weighted by atomic mass is 9.91. The zero-order chi connectivity index (χ0) is 17.3. The van der Waals surface area contributed by atoms with Crippen molar-refractivity contribution >= 4 is 22.6 Å². The summed E-state index contributed by atoms with van der Waals surface area (Å²) in [6, 6.07) is 11.2. The molecule has 0 aliphatic rings. The number of aromatic nitrogens is 1. The highest BCUT2D eigenvalue weighted by Crippen LogP contribution is 2.36. The number of H-pyrrole nitrogens is 1. The van der Waals surface area contributed by atoms with Gasteiger partial charge < -0.3 is 20.2 Å². The van der Waals surface area contributed by atoms with E-state index >= 15 is 0 Å². The number of carbonyl (C=O) groups is 1. The Balaban J connectivity index is 2.07. The molecule has 5 heteroatoms. The van der Waals surface area contributed by atoms with Gasteiger partial charge in [-0.3, -0.25) is 0 Å². The Labute approximate surface area is 140 Å². The van der Waals surface area contributed by atoms with Crippen molar-refractivity contribution in [3.05, 3.63) is 59.3 Å². The molecule has 1 heterocycles. The quantitative estimate of drug-likeness (QED) is 0.567. The lowest BCUT2D eigenvalue weighted by molar-refractivity contribution is 0.0600. The maximum Gasteiger partial charge on any atom is 0.337 e. The molecule has 0 saturated carbocycles. The van der Waals surface area contributed by atoms with Crippen LogP contribution in [0.1, 0.15) is 34.3 Å². The van der Waals surface area contributed by atoms with Crippen LogP contribution < -0.4 is 10.5 Å². The second-order valence-electron chi connectivity index (χ2n) is 5.72. The first-order valence-electron chi connectivity index (χ1n) is 7.68. The summed E-state index contributed by atoms with van der Waals surface area (Å²) in [6.45, 7) is 2.10. The van der Waals surface area contributed by atoms with Gasteiger partial charge in [-0.2, -0.15) is 0 Å². The average molecular weight is 324 g/mol. The summed E-state index contributed by atoms with van der Waals surface area (Å²) in [5.74, 6) is 0.346. The van der Waals surface area contributed by atoms with Crippen molar-refractivity contribution in [2.24, 2.45) is 0 Å². The van der Waals surface area contributed by atoms with Crippen LogP contribution in [0.4, 0.5) is 5.69 Å². The summed E-state index contributed by atoms with van der Waals surface area (Å²) in [6.07, 6.45) is 1.99. The van der Waals surface area contributed by atoms with Crippen molar-refractivity contribution in [2.75, 3.05) is 20.0 Å². The van der Waals surface area contributed by atoms with Crippen molar-refractivity contribution < 1.29 is 14.3 Å². The van der Waals surface area contributed by atoms with Crippen LogP contribution in [0, 0.1) is 0 Å². The molecule has 124 valence electrons. The van der Waals surface area contributed by atoms with E-state index < -0.39 is 0 Å². The predicted octanol–water partition coefficient (Wildman–Crippen LogP) is 3.70. The maximum absolute atomic E-state index is 11.7. The minimum absolute atomic E-state index is 0.0715. The van der Waals surface area contributed by atoms with Crippen LogP contribution in [0.2, 0.25) is 0 Å². The van der Waals surface area contributed by atoms with Gasteiger partial charge >= 0.3 is 5.97 Å². The van der Waals surface area contributed by atoms with Gasteiger partial charge in [0.25, 0.3) is 0 Å². The van der Waals surface area contributed by atoms with Gasteiger partial charge in [0.1, 0.15) is 5.75 Å². The molecule has 3 rings (SSSR count). The predicted molar refractivity (Wildman–Crippen MR) is 94.6 cm³/mol. The Hall–Kier alpha value is -2.95. The molecule has 24 heavy (non-hydrogen) atoms. The highest BCUT2D eigenvalue weighted by Gasteiger charge is 2.19. The van der Waals surface area contributed by atoms with Crippen molar-refractivity contribution in [1.82, 2.24) is 4.98 Å². The molecule has 0 fully saturated rings. The molecule has 2 aromatic carbocycles. The van der Waals surface area contributed by atoms with Gasteiger partial charge in [0.2, 0.25) is 0 Å². The van der Waals surface area contributed by atoms with Gasteiger partial charge in [-0.25, -0.2) is 4.79 Å². The number of carbonyl (C=O) groups excluding carboxylic acids is 1. The van der Waals surface area contributed by atoms with Gasteiger partial charge in [0.05, 0.1) is 19.8 Å². The summed E-state index contributed by atoms with van der Waals surface area (Å²) in [7, 11) is 2.96. The monoisotopic (exact) mass is 324 g/mol. The Kier molecular flexibility index (Phi) is 4.16. The van der Waals surface area contributed by atoms with Crippen molar-refractivity contribution in [2.45, 2.75) is 12.8 Å². The van der Waals surface area contributed by atoms with Crippen LogP contribution in [-0.2, 0) is 4.74 Å². The standard InChI is InChI=1S/C19H20N2O3/c1-11(16-10-21-17-7-5-13(20)9-15(16)17)14-6-4-12(19(22)24-3)8-18(14)23-2/h4-11,21H,20H2,1-3H3/t11-/m0/s1. The second-order valence-corrected chi connectivity index (χ2v) is 5.72. The molecule has 0 radical (unpaired) electrons. The molecule has 0 unspecified atom stereocenters. The summed E-state index contributed by atoms with van der Waals surface area (Å²) < 4.78 is 10.3. The first-order chi connectivity index (χ1) is 11.5. The van der Waals surface area contributed by atoms with Crippen LogP contribution in [0.25, 0.3) is 10.9 Å². The van der Waals surface area contributed by atoms with E-state index in [0.29, 0.717) is 11.3 Å². The molecular weight excluding hydrogens is 304 g/mol. The number of fused-ring (bicyclic) bond motifs is 1. The van der Waals surface area contributed by atoms with Crippen LogP contribution >= 0.6 is 0 Å². The fourth-order valence-corrected chi connectivity index (χ4v) is 3.00. The Morgan fingerprint density at radius 3 is 2.62 bits per heavy atom. The second kappa shape index (κ2) is 6.28. The van der Waals surface area contributed by atoms with Gasteiger partial charge in [-0.15, -0.1) is 0 Å². The Morgan fingerprint density at radius 1 is 1.12 bits per heavy atom. The van der Waals surface area contributed by atoms with Crippen LogP contribution in [-0.4, -0.2) is 25.2 Å². The van der Waals surface area contributed by atoms with Crippen molar-refractivity contribution in [3.8, 4) is 5.75 Å². The van der Waals surface area contributed by atoms with Crippen molar-refractivity contribution in [3.63, 3.8) is 0 Å². The minimum Gasteiger partial charge on any atom is -0.496 e. The van der Waals surface area contributed by atoms with Crippen molar-refractivity contribution in [1.29, 1.82) is 0 Å². The largest absolute Gasteiger partial charge is 0.496 e. The van der Waals surface area contributed by atoms with Gasteiger partial charge in [-0.05, 0) is 35.9 Å². The number of aromatic amines is 1. The summed E-state index contributed by atoms with van der Waals surface area (Å²) in [5.41, 5.74) is 10.3. The molecule has 1 aromatic heterocycles. The first-order valence-corrected chi connectivity index (χ1v) is 7.68. The third kappa shape index (κ3) is 2.69. The maximum atomic E-state index is 11.7. The smallest absolute Gasteiger partial charge is 0.337 e. The topological polar surface area (TPSA) is 77.3 Å². The number of nitrogen functional groups attached to an aromatic ring is 1. The number of esters is 1. The van der Waals surface area contributed by atoms with Gasteiger partial charge in [-0.1, -0.05) is 13.0 Å². The normalized spacial score (nSPS) is 12.1. The summed E-state index contributed by atoms with van der Waals surface area (Å²) in [5, 5.41) is 1.08. The van der Waals surface area contributed by atoms with E-state index in [0.717, 1.165) is 27.7 Å². The SMILES string of the molecule is COC(=O)c1ccc([C@H](C)c2c[nH]c3ccc(N)cc23)c(OC)c1. The number of hydrogen-bond acceptors (Lipinski definition) is 4. The number of hydrogen-bond donors (Lipinski definition) is 2.